The molecule has 0 saturated heterocycles. The molecule has 1 aliphatic carbocycles. The fourth-order valence-corrected chi connectivity index (χ4v) is 3.37. The number of nitrogens with zero attached hydrogens (tertiary/aromatic N) is 3. The number of aliphatic imine (C=N–C) groups is 1. The molecule has 1 saturated carbocycles. The van der Waals surface area contributed by atoms with Crippen LogP contribution in [0.5, 0.6) is 0 Å². The van der Waals surface area contributed by atoms with Gasteiger partial charge in [0.2, 0.25) is 5.96 Å². The summed E-state index contributed by atoms with van der Waals surface area (Å²) in [5.74, 6) is -0.823. The number of guanidine groups is 1. The molecular weight excluding hydrogens is 394 g/mol. The predicted molar refractivity (Wildman–Crippen MR) is 106 cm³/mol. The van der Waals surface area contributed by atoms with E-state index in [0.717, 1.165) is 31.7 Å². The fourth-order valence-electron chi connectivity index (χ4n) is 3.37. The molecule has 2 heterocycles. The van der Waals surface area contributed by atoms with Gasteiger partial charge < -0.3 is 9.84 Å². The number of carbonyl (C=O) groups excluding carboxylic acids is 1. The van der Waals surface area contributed by atoms with E-state index in [1.165, 1.54) is 18.3 Å². The molecule has 1 aromatic carbocycles. The number of hydrogen-bond donors (Lipinski definition) is 3. The third-order valence-electron chi connectivity index (χ3n) is 4.86. The van der Waals surface area contributed by atoms with Crippen molar-refractivity contribution in [1.29, 1.82) is 0 Å². The Balaban J connectivity index is 1.55. The number of rotatable bonds is 4. The van der Waals surface area contributed by atoms with Crippen molar-refractivity contribution in [2.75, 3.05) is 5.32 Å². The van der Waals surface area contributed by atoms with E-state index < -0.39 is 17.5 Å². The molecule has 10 heteroatoms. The maximum Gasteiger partial charge on any atom is 0.263 e. The topological polar surface area (TPSA) is 108 Å². The van der Waals surface area contributed by atoms with Crippen LogP contribution in [0, 0.1) is 18.6 Å². The molecule has 0 bridgehead atoms. The molecule has 0 unspecified atom stereocenters. The van der Waals surface area contributed by atoms with E-state index in [4.69, 9.17) is 4.52 Å². The maximum atomic E-state index is 13.5. The van der Waals surface area contributed by atoms with Gasteiger partial charge in [0, 0.05) is 17.7 Å². The van der Waals surface area contributed by atoms with E-state index >= 15 is 0 Å². The van der Waals surface area contributed by atoms with E-state index in [-0.39, 0.29) is 12.0 Å². The first kappa shape index (κ1) is 19.7. The number of benzene rings is 1. The van der Waals surface area contributed by atoms with Crippen molar-refractivity contribution in [2.45, 2.75) is 38.6 Å². The minimum absolute atomic E-state index is 0.0899. The summed E-state index contributed by atoms with van der Waals surface area (Å²) in [5, 5.41) is 16.2. The van der Waals surface area contributed by atoms with Crippen molar-refractivity contribution in [3.8, 4) is 11.3 Å². The first-order chi connectivity index (χ1) is 14.5. The second kappa shape index (κ2) is 8.44. The number of nitrogens with one attached hydrogen (secondary N) is 3. The summed E-state index contributed by atoms with van der Waals surface area (Å²) in [4.78, 5) is 17.2. The molecule has 3 N–H and O–H groups in total. The number of aromatic nitrogens is 3. The minimum Gasteiger partial charge on any atom is -0.361 e. The molecule has 1 amide bonds. The second-order valence-electron chi connectivity index (χ2n) is 7.12. The van der Waals surface area contributed by atoms with Gasteiger partial charge in [0.1, 0.15) is 23.0 Å². The van der Waals surface area contributed by atoms with Gasteiger partial charge in [-0.25, -0.2) is 13.8 Å². The van der Waals surface area contributed by atoms with Crippen molar-refractivity contribution in [3.05, 3.63) is 53.4 Å². The molecule has 2 aromatic heterocycles. The standard InChI is InChI=1S/C20H20F2N6O2/c1-11-16(10-23-30-11)19(29)26-20(24-15-4-2-3-5-15)25-18-9-17(27-28-18)12-6-13(21)8-14(22)7-12/h6-10,15H,2-5H2,1H3,(H3,24,25,26,27,28,29). The highest BCUT2D eigenvalue weighted by atomic mass is 19.1. The van der Waals surface area contributed by atoms with E-state index in [1.54, 1.807) is 13.0 Å². The maximum absolute atomic E-state index is 13.5. The Morgan fingerprint density at radius 3 is 2.60 bits per heavy atom. The molecular formula is C20H20F2N6O2. The first-order valence-corrected chi connectivity index (χ1v) is 9.57. The summed E-state index contributed by atoms with van der Waals surface area (Å²) in [6.45, 7) is 1.64. The lowest BCUT2D eigenvalue weighted by Crippen LogP contribution is -2.37. The average molecular weight is 414 g/mol. The monoisotopic (exact) mass is 414 g/mol. The summed E-state index contributed by atoms with van der Waals surface area (Å²) in [5.41, 5.74) is 1.03. The normalized spacial score (nSPS) is 14.8. The van der Waals surface area contributed by atoms with Gasteiger partial charge in [0.25, 0.3) is 5.91 Å². The Morgan fingerprint density at radius 1 is 1.20 bits per heavy atom. The van der Waals surface area contributed by atoms with Crippen LogP contribution < -0.4 is 10.6 Å². The van der Waals surface area contributed by atoms with E-state index in [9.17, 15) is 13.6 Å². The Labute approximate surface area is 170 Å². The molecule has 4 rings (SSSR count). The van der Waals surface area contributed by atoms with Gasteiger partial charge in [-0.3, -0.25) is 15.2 Å². The number of anilines is 1. The largest absolute Gasteiger partial charge is 0.361 e. The summed E-state index contributed by atoms with van der Waals surface area (Å²) >= 11 is 0. The van der Waals surface area contributed by atoms with Crippen LogP contribution in [0.2, 0.25) is 0 Å². The zero-order valence-corrected chi connectivity index (χ0v) is 16.2. The number of hydrogen-bond acceptors (Lipinski definition) is 5. The fraction of sp³-hybridized carbons (Fsp3) is 0.300. The van der Waals surface area contributed by atoms with Crippen molar-refractivity contribution in [1.82, 2.24) is 20.7 Å². The molecule has 1 fully saturated rings. The van der Waals surface area contributed by atoms with Gasteiger partial charge in [-0.15, -0.1) is 0 Å². The van der Waals surface area contributed by atoms with Crippen LogP contribution >= 0.6 is 0 Å². The first-order valence-electron chi connectivity index (χ1n) is 9.57. The molecule has 0 radical (unpaired) electrons. The van der Waals surface area contributed by atoms with E-state index in [2.05, 4.69) is 31.0 Å². The smallest absolute Gasteiger partial charge is 0.263 e. The Hall–Kier alpha value is -3.56. The zero-order valence-electron chi connectivity index (χ0n) is 16.2. The van der Waals surface area contributed by atoms with E-state index in [1.807, 2.05) is 0 Å². The summed E-state index contributed by atoms with van der Waals surface area (Å²) in [6.07, 6.45) is 5.36. The van der Waals surface area contributed by atoms with Crippen LogP contribution in [0.25, 0.3) is 11.3 Å². The van der Waals surface area contributed by atoms with Crippen LogP contribution in [-0.2, 0) is 0 Å². The lowest BCUT2D eigenvalue weighted by Gasteiger charge is -2.12. The Bertz CT molecular complexity index is 1060. The van der Waals surface area contributed by atoms with Crippen LogP contribution in [0.1, 0.15) is 41.8 Å². The van der Waals surface area contributed by atoms with Crippen LogP contribution in [0.15, 0.2) is 40.0 Å². The van der Waals surface area contributed by atoms with Gasteiger partial charge >= 0.3 is 0 Å². The van der Waals surface area contributed by atoms with Gasteiger partial charge in [-0.1, -0.05) is 18.0 Å². The quantitative estimate of drug-likeness (QED) is 0.445. The zero-order chi connectivity index (χ0) is 21.1. The van der Waals surface area contributed by atoms with Gasteiger partial charge in [-0.05, 0) is 31.9 Å². The van der Waals surface area contributed by atoms with Gasteiger partial charge in [0.05, 0.1) is 17.9 Å². The van der Waals surface area contributed by atoms with Crippen molar-refractivity contribution >= 4 is 17.7 Å². The van der Waals surface area contributed by atoms with Crippen LogP contribution in [0.3, 0.4) is 0 Å². The molecule has 30 heavy (non-hydrogen) atoms. The molecule has 0 aliphatic heterocycles. The predicted octanol–water partition coefficient (Wildman–Crippen LogP) is 3.79. The number of aryl methyl sites for hydroxylation is 1. The van der Waals surface area contributed by atoms with Crippen molar-refractivity contribution in [2.24, 2.45) is 4.99 Å². The van der Waals surface area contributed by atoms with Crippen molar-refractivity contribution < 1.29 is 18.1 Å². The summed E-state index contributed by atoms with van der Waals surface area (Å²) < 4.78 is 31.9. The second-order valence-corrected chi connectivity index (χ2v) is 7.12. The number of aromatic amines is 1. The van der Waals surface area contributed by atoms with Crippen LogP contribution in [0.4, 0.5) is 14.6 Å². The molecule has 3 aromatic rings. The molecule has 0 atom stereocenters. The highest BCUT2D eigenvalue weighted by Gasteiger charge is 2.19. The summed E-state index contributed by atoms with van der Waals surface area (Å²) in [7, 11) is 0. The van der Waals surface area contributed by atoms with Crippen LogP contribution in [-0.4, -0.2) is 33.3 Å². The van der Waals surface area contributed by atoms with E-state index in [0.29, 0.717) is 28.4 Å². The lowest BCUT2D eigenvalue weighted by atomic mass is 10.1. The average Bonchev–Trinajstić information content (AvgIpc) is 3.43. The lowest BCUT2D eigenvalue weighted by molar-refractivity contribution is 0.0975. The third-order valence-corrected chi connectivity index (χ3v) is 4.86. The molecule has 156 valence electrons. The highest BCUT2D eigenvalue weighted by molar-refractivity contribution is 6.10. The Morgan fingerprint density at radius 2 is 1.93 bits per heavy atom. The minimum atomic E-state index is -0.686. The highest BCUT2D eigenvalue weighted by Crippen LogP contribution is 2.23. The van der Waals surface area contributed by atoms with Crippen molar-refractivity contribution in [3.63, 3.8) is 0 Å². The molecule has 8 nitrogen and oxygen atoms in total. The number of H-pyrrole nitrogens is 1. The molecule has 0 spiro atoms. The number of amides is 1. The Kier molecular flexibility index (Phi) is 5.55. The van der Waals surface area contributed by atoms with Gasteiger partial charge in [0.15, 0.2) is 5.82 Å². The number of halogens is 2. The molecule has 1 aliphatic rings. The third kappa shape index (κ3) is 4.53. The number of carbonyl (C=O) groups is 1. The SMILES string of the molecule is Cc1oncc1C(=O)NC(=NC1CCCC1)Nc1cc(-c2cc(F)cc(F)c2)[nH]n1. The van der Waals surface area contributed by atoms with Gasteiger partial charge in [-0.2, -0.15) is 5.10 Å². The summed E-state index contributed by atoms with van der Waals surface area (Å²) in [6, 6.07) is 4.87.